The third kappa shape index (κ3) is 4.11. The van der Waals surface area contributed by atoms with Crippen LogP contribution in [0.25, 0.3) is 10.8 Å². The molecule has 0 saturated heterocycles. The van der Waals surface area contributed by atoms with Gasteiger partial charge in [0.15, 0.2) is 0 Å². The van der Waals surface area contributed by atoms with E-state index >= 15 is 0 Å². The Labute approximate surface area is 142 Å². The summed E-state index contributed by atoms with van der Waals surface area (Å²) in [5, 5.41) is 12.5. The van der Waals surface area contributed by atoms with Crippen molar-refractivity contribution in [1.82, 2.24) is 20.8 Å². The van der Waals surface area contributed by atoms with Gasteiger partial charge in [-0.25, -0.2) is 5.10 Å². The van der Waals surface area contributed by atoms with Crippen LogP contribution >= 0.6 is 0 Å². The number of carbonyl (C=O) groups excluding carboxylic acids is 2. The molecule has 3 N–H and O–H groups in total. The second-order valence-corrected chi connectivity index (χ2v) is 5.35. The molecule has 2 aromatic heterocycles. The van der Waals surface area contributed by atoms with Crippen LogP contribution in [0.3, 0.4) is 0 Å². The average molecular weight is 340 g/mol. The van der Waals surface area contributed by atoms with Gasteiger partial charge in [0.25, 0.3) is 5.56 Å². The van der Waals surface area contributed by atoms with E-state index in [9.17, 15) is 14.4 Å². The minimum Gasteiger partial charge on any atom is -0.467 e. The van der Waals surface area contributed by atoms with Gasteiger partial charge in [-0.2, -0.15) is 5.10 Å². The van der Waals surface area contributed by atoms with Gasteiger partial charge in [0.05, 0.1) is 36.9 Å². The van der Waals surface area contributed by atoms with E-state index in [4.69, 9.17) is 4.42 Å². The van der Waals surface area contributed by atoms with E-state index in [0.717, 1.165) is 0 Å². The fraction of sp³-hybridized carbons (Fsp3) is 0.176. The standard InChI is InChI=1S/C17H16N4O4/c22-15(19-10-16(23)18-9-11-4-3-7-25-11)8-14-12-5-1-2-6-13(12)17(24)21-20-14/h1-7H,8-10H2,(H,18,23)(H,19,22)(H,21,24). The van der Waals surface area contributed by atoms with Crippen molar-refractivity contribution in [2.24, 2.45) is 0 Å². The van der Waals surface area contributed by atoms with Crippen LogP contribution in [0.4, 0.5) is 0 Å². The van der Waals surface area contributed by atoms with Crippen LogP contribution in [0.5, 0.6) is 0 Å². The summed E-state index contributed by atoms with van der Waals surface area (Å²) in [6.07, 6.45) is 1.48. The molecule has 1 aromatic carbocycles. The zero-order valence-corrected chi connectivity index (χ0v) is 13.2. The molecule has 0 saturated carbocycles. The number of benzene rings is 1. The van der Waals surface area contributed by atoms with E-state index < -0.39 is 0 Å². The molecule has 0 aliphatic carbocycles. The van der Waals surface area contributed by atoms with Gasteiger partial charge in [0.2, 0.25) is 11.8 Å². The zero-order chi connectivity index (χ0) is 17.6. The number of hydrogen-bond donors (Lipinski definition) is 3. The highest BCUT2D eigenvalue weighted by molar-refractivity contribution is 5.90. The summed E-state index contributed by atoms with van der Waals surface area (Å²) in [5.74, 6) is -0.0644. The fourth-order valence-electron chi connectivity index (χ4n) is 2.36. The lowest BCUT2D eigenvalue weighted by Gasteiger charge is -2.07. The number of nitrogens with zero attached hydrogens (tertiary/aromatic N) is 1. The number of hydrogen-bond acceptors (Lipinski definition) is 5. The SMILES string of the molecule is O=C(CNC(=O)Cc1n[nH]c(=O)c2ccccc12)NCc1ccco1. The number of carbonyl (C=O) groups is 2. The van der Waals surface area contributed by atoms with E-state index in [-0.39, 0.29) is 36.9 Å². The maximum Gasteiger partial charge on any atom is 0.272 e. The first-order valence-corrected chi connectivity index (χ1v) is 7.65. The van der Waals surface area contributed by atoms with Crippen LogP contribution < -0.4 is 16.2 Å². The summed E-state index contributed by atoms with van der Waals surface area (Å²) in [5.41, 5.74) is 0.140. The number of aromatic amines is 1. The van der Waals surface area contributed by atoms with E-state index in [1.807, 2.05) is 0 Å². The Morgan fingerprint density at radius 1 is 1.04 bits per heavy atom. The number of fused-ring (bicyclic) bond motifs is 1. The van der Waals surface area contributed by atoms with Gasteiger partial charge < -0.3 is 15.1 Å². The maximum absolute atomic E-state index is 12.0. The molecule has 8 nitrogen and oxygen atoms in total. The monoisotopic (exact) mass is 340 g/mol. The van der Waals surface area contributed by atoms with Gasteiger partial charge >= 0.3 is 0 Å². The first-order valence-electron chi connectivity index (χ1n) is 7.65. The Morgan fingerprint density at radius 3 is 2.60 bits per heavy atom. The average Bonchev–Trinajstić information content (AvgIpc) is 3.14. The van der Waals surface area contributed by atoms with E-state index in [2.05, 4.69) is 20.8 Å². The lowest BCUT2D eigenvalue weighted by Crippen LogP contribution is -2.37. The Kier molecular flexibility index (Phi) is 4.89. The normalized spacial score (nSPS) is 10.6. The summed E-state index contributed by atoms with van der Waals surface area (Å²) in [4.78, 5) is 35.5. The van der Waals surface area contributed by atoms with Crippen molar-refractivity contribution in [3.8, 4) is 0 Å². The topological polar surface area (TPSA) is 117 Å². The van der Waals surface area contributed by atoms with Crippen molar-refractivity contribution in [2.75, 3.05) is 6.54 Å². The van der Waals surface area contributed by atoms with Crippen LogP contribution in [0, 0.1) is 0 Å². The van der Waals surface area contributed by atoms with Gasteiger partial charge in [-0.05, 0) is 18.2 Å². The maximum atomic E-state index is 12.0. The molecule has 0 atom stereocenters. The highest BCUT2D eigenvalue weighted by Crippen LogP contribution is 2.12. The molecule has 0 fully saturated rings. The predicted octanol–water partition coefficient (Wildman–Crippen LogP) is 0.491. The number of nitrogens with one attached hydrogen (secondary N) is 3. The summed E-state index contributed by atoms with van der Waals surface area (Å²) in [6, 6.07) is 10.4. The molecular weight excluding hydrogens is 324 g/mol. The fourth-order valence-corrected chi connectivity index (χ4v) is 2.36. The highest BCUT2D eigenvalue weighted by atomic mass is 16.3. The number of H-pyrrole nitrogens is 1. The van der Waals surface area contributed by atoms with E-state index in [1.165, 1.54) is 6.26 Å². The molecule has 128 valence electrons. The number of rotatable bonds is 6. The number of furan rings is 1. The second-order valence-electron chi connectivity index (χ2n) is 5.35. The van der Waals surface area contributed by atoms with Gasteiger partial charge in [0.1, 0.15) is 5.76 Å². The largest absolute Gasteiger partial charge is 0.467 e. The summed E-state index contributed by atoms with van der Waals surface area (Å²) < 4.78 is 5.10. The second kappa shape index (κ2) is 7.43. The third-order valence-electron chi connectivity index (χ3n) is 3.59. The van der Waals surface area contributed by atoms with Crippen molar-refractivity contribution < 1.29 is 14.0 Å². The summed E-state index contributed by atoms with van der Waals surface area (Å²) >= 11 is 0. The Morgan fingerprint density at radius 2 is 1.84 bits per heavy atom. The summed E-state index contributed by atoms with van der Waals surface area (Å²) in [6.45, 7) is 0.106. The van der Waals surface area contributed by atoms with Crippen LogP contribution in [-0.4, -0.2) is 28.6 Å². The number of amides is 2. The van der Waals surface area contributed by atoms with Gasteiger partial charge in [0, 0.05) is 5.39 Å². The van der Waals surface area contributed by atoms with Crippen molar-refractivity contribution >= 4 is 22.6 Å². The van der Waals surface area contributed by atoms with Crippen LogP contribution in [0.1, 0.15) is 11.5 Å². The first-order chi connectivity index (χ1) is 12.1. The van der Waals surface area contributed by atoms with Crippen molar-refractivity contribution in [3.63, 3.8) is 0 Å². The molecule has 0 aliphatic heterocycles. The Balaban J connectivity index is 1.55. The Hall–Kier alpha value is -3.42. The molecule has 8 heteroatoms. The van der Waals surface area contributed by atoms with E-state index in [0.29, 0.717) is 22.2 Å². The van der Waals surface area contributed by atoms with E-state index in [1.54, 1.807) is 36.4 Å². The van der Waals surface area contributed by atoms with Crippen LogP contribution in [0.2, 0.25) is 0 Å². The molecule has 2 heterocycles. The van der Waals surface area contributed by atoms with Gasteiger partial charge in [-0.3, -0.25) is 14.4 Å². The molecule has 25 heavy (non-hydrogen) atoms. The molecule has 0 radical (unpaired) electrons. The van der Waals surface area contributed by atoms with Crippen molar-refractivity contribution in [2.45, 2.75) is 13.0 Å². The predicted molar refractivity (Wildman–Crippen MR) is 89.6 cm³/mol. The number of aromatic nitrogens is 2. The molecule has 0 aliphatic rings. The first kappa shape index (κ1) is 16.4. The van der Waals surface area contributed by atoms with Gasteiger partial charge in [-0.1, -0.05) is 18.2 Å². The molecular formula is C17H16N4O4. The quantitative estimate of drug-likeness (QED) is 0.604. The minimum atomic E-state index is -0.363. The molecule has 3 aromatic rings. The summed E-state index contributed by atoms with van der Waals surface area (Å²) in [7, 11) is 0. The zero-order valence-electron chi connectivity index (χ0n) is 13.2. The minimum absolute atomic E-state index is 0.0389. The highest BCUT2D eigenvalue weighted by Gasteiger charge is 2.11. The Bertz CT molecular complexity index is 947. The molecule has 0 unspecified atom stereocenters. The van der Waals surface area contributed by atoms with Crippen molar-refractivity contribution in [3.05, 3.63) is 64.5 Å². The lowest BCUT2D eigenvalue weighted by molar-refractivity contribution is -0.125. The third-order valence-corrected chi connectivity index (χ3v) is 3.59. The van der Waals surface area contributed by atoms with Gasteiger partial charge in [-0.15, -0.1) is 0 Å². The van der Waals surface area contributed by atoms with Crippen LogP contribution in [0.15, 0.2) is 51.9 Å². The van der Waals surface area contributed by atoms with Crippen LogP contribution in [-0.2, 0) is 22.6 Å². The van der Waals surface area contributed by atoms with Crippen molar-refractivity contribution in [1.29, 1.82) is 0 Å². The lowest BCUT2D eigenvalue weighted by atomic mass is 10.1. The smallest absolute Gasteiger partial charge is 0.272 e. The molecule has 2 amide bonds. The molecule has 3 rings (SSSR count). The molecule has 0 spiro atoms. The molecule has 0 bridgehead atoms.